The second-order valence-electron chi connectivity index (χ2n) is 4.70. The quantitative estimate of drug-likeness (QED) is 0.485. The third-order valence-electron chi connectivity index (χ3n) is 3.30. The molecule has 0 saturated heterocycles. The molecule has 7 heteroatoms. The Hall–Kier alpha value is -2.24. The van der Waals surface area contributed by atoms with Gasteiger partial charge in [-0.25, -0.2) is 14.4 Å². The smallest absolute Gasteiger partial charge is 0.216 e. The largest absolute Gasteiger partial charge is 0.226 e. The summed E-state index contributed by atoms with van der Waals surface area (Å²) < 4.78 is 14.8. The number of fused-ring (bicyclic) bond motifs is 3. The van der Waals surface area contributed by atoms with Crippen molar-refractivity contribution in [2.45, 2.75) is 0 Å². The summed E-state index contributed by atoms with van der Waals surface area (Å²) in [6.45, 7) is 0. The van der Waals surface area contributed by atoms with Crippen molar-refractivity contribution in [3.05, 3.63) is 58.6 Å². The van der Waals surface area contributed by atoms with E-state index >= 15 is 0 Å². The molecule has 4 rings (SSSR count). The number of hydrogen-bond donors (Lipinski definition) is 0. The normalized spacial score (nSPS) is 11.4. The molecule has 22 heavy (non-hydrogen) atoms. The van der Waals surface area contributed by atoms with Crippen LogP contribution in [-0.2, 0) is 0 Å². The number of hydrogen-bond acceptors (Lipinski definition) is 3. The predicted molar refractivity (Wildman–Crippen MR) is 83.7 cm³/mol. The van der Waals surface area contributed by atoms with Crippen molar-refractivity contribution in [2.75, 3.05) is 0 Å². The first-order chi connectivity index (χ1) is 10.6. The van der Waals surface area contributed by atoms with E-state index < -0.39 is 0 Å². The lowest BCUT2D eigenvalue weighted by atomic mass is 10.2. The van der Waals surface area contributed by atoms with E-state index in [0.29, 0.717) is 27.6 Å². The fourth-order valence-corrected chi connectivity index (χ4v) is 2.73. The summed E-state index contributed by atoms with van der Waals surface area (Å²) in [6, 6.07) is 11.4. The van der Waals surface area contributed by atoms with Crippen LogP contribution >= 0.6 is 23.2 Å². The summed E-state index contributed by atoms with van der Waals surface area (Å²) in [5.74, 6) is 0.0177. The topological polar surface area (TPSA) is 43.1 Å². The second kappa shape index (κ2) is 4.90. The summed E-state index contributed by atoms with van der Waals surface area (Å²) in [5, 5.41) is 5.66. The molecular formula is C15H7Cl2FN4. The van der Waals surface area contributed by atoms with Gasteiger partial charge >= 0.3 is 0 Å². The van der Waals surface area contributed by atoms with Gasteiger partial charge < -0.3 is 0 Å². The fraction of sp³-hybridized carbons (Fsp3) is 0. The molecule has 0 aliphatic heterocycles. The van der Waals surface area contributed by atoms with Crippen molar-refractivity contribution in [1.29, 1.82) is 0 Å². The van der Waals surface area contributed by atoms with Crippen LogP contribution in [0.5, 0.6) is 0 Å². The third-order valence-corrected chi connectivity index (χ3v) is 3.85. The van der Waals surface area contributed by atoms with Crippen molar-refractivity contribution in [2.24, 2.45) is 0 Å². The Morgan fingerprint density at radius 1 is 1.00 bits per heavy atom. The Morgan fingerprint density at radius 3 is 2.64 bits per heavy atom. The number of nitrogens with zero attached hydrogens (tertiary/aromatic N) is 4. The van der Waals surface area contributed by atoms with Gasteiger partial charge in [0.15, 0.2) is 11.5 Å². The van der Waals surface area contributed by atoms with Crippen LogP contribution < -0.4 is 0 Å². The summed E-state index contributed by atoms with van der Waals surface area (Å²) in [5.41, 5.74) is 1.64. The molecule has 0 spiro atoms. The number of benzene rings is 2. The van der Waals surface area contributed by atoms with Gasteiger partial charge in [0.1, 0.15) is 5.82 Å². The Labute approximate surface area is 134 Å². The van der Waals surface area contributed by atoms with E-state index in [4.69, 9.17) is 23.2 Å². The van der Waals surface area contributed by atoms with Crippen LogP contribution in [0.25, 0.3) is 27.9 Å². The van der Waals surface area contributed by atoms with E-state index in [-0.39, 0.29) is 11.1 Å². The van der Waals surface area contributed by atoms with Crippen LogP contribution in [0.15, 0.2) is 42.5 Å². The molecular weight excluding hydrogens is 326 g/mol. The average molecular weight is 333 g/mol. The molecule has 0 unspecified atom stereocenters. The van der Waals surface area contributed by atoms with E-state index in [2.05, 4.69) is 15.1 Å². The standard InChI is InChI=1S/C15H7Cl2FN4/c16-11-6-2-5-10-12(11)19-15(17)22-14(10)20-13(21-22)8-3-1-4-9(18)7-8/h1-7H. The number of aromatic nitrogens is 4. The molecule has 0 aliphatic rings. The van der Waals surface area contributed by atoms with Crippen LogP contribution in [0.2, 0.25) is 10.3 Å². The van der Waals surface area contributed by atoms with Crippen molar-refractivity contribution in [3.8, 4) is 11.4 Å². The molecule has 0 saturated carbocycles. The maximum Gasteiger partial charge on any atom is 0.226 e. The van der Waals surface area contributed by atoms with Crippen LogP contribution in [0, 0.1) is 5.82 Å². The highest BCUT2D eigenvalue weighted by Gasteiger charge is 2.15. The van der Waals surface area contributed by atoms with Crippen molar-refractivity contribution in [1.82, 2.24) is 19.6 Å². The lowest BCUT2D eigenvalue weighted by Gasteiger charge is -2.02. The predicted octanol–water partition coefficient (Wildman–Crippen LogP) is 4.39. The summed E-state index contributed by atoms with van der Waals surface area (Å²) >= 11 is 12.3. The number of para-hydroxylation sites is 1. The second-order valence-corrected chi connectivity index (χ2v) is 5.44. The number of rotatable bonds is 1. The molecule has 0 bridgehead atoms. The minimum absolute atomic E-state index is 0.144. The number of halogens is 3. The van der Waals surface area contributed by atoms with Gasteiger partial charge in [0.2, 0.25) is 5.28 Å². The molecule has 2 heterocycles. The monoisotopic (exact) mass is 332 g/mol. The van der Waals surface area contributed by atoms with Gasteiger partial charge in [0.25, 0.3) is 0 Å². The van der Waals surface area contributed by atoms with E-state index in [1.54, 1.807) is 24.3 Å². The van der Waals surface area contributed by atoms with Crippen LogP contribution in [-0.4, -0.2) is 19.6 Å². The molecule has 108 valence electrons. The molecule has 0 aliphatic carbocycles. The van der Waals surface area contributed by atoms with E-state index in [1.807, 2.05) is 6.07 Å². The summed E-state index contributed by atoms with van der Waals surface area (Å²) in [6.07, 6.45) is 0. The van der Waals surface area contributed by atoms with Gasteiger partial charge in [-0.3, -0.25) is 0 Å². The van der Waals surface area contributed by atoms with Crippen molar-refractivity contribution < 1.29 is 4.39 Å². The first-order valence-corrected chi connectivity index (χ1v) is 7.15. The van der Waals surface area contributed by atoms with E-state index in [1.165, 1.54) is 16.6 Å². The van der Waals surface area contributed by atoms with Crippen molar-refractivity contribution in [3.63, 3.8) is 0 Å². The van der Waals surface area contributed by atoms with Crippen LogP contribution in [0.4, 0.5) is 4.39 Å². The molecule has 4 nitrogen and oxygen atoms in total. The highest BCUT2D eigenvalue weighted by atomic mass is 35.5. The molecule has 0 N–H and O–H groups in total. The minimum atomic E-state index is -0.353. The molecule has 0 fully saturated rings. The SMILES string of the molecule is Fc1cccc(-c2nc3c4cccc(Cl)c4nc(Cl)n3n2)c1. The van der Waals surface area contributed by atoms with Gasteiger partial charge in [0, 0.05) is 10.9 Å². The van der Waals surface area contributed by atoms with E-state index in [0.717, 1.165) is 5.39 Å². The van der Waals surface area contributed by atoms with E-state index in [9.17, 15) is 4.39 Å². The highest BCUT2D eigenvalue weighted by Crippen LogP contribution is 2.28. The molecule has 0 radical (unpaired) electrons. The summed E-state index contributed by atoms with van der Waals surface area (Å²) in [4.78, 5) is 8.70. The minimum Gasteiger partial charge on any atom is -0.216 e. The maximum absolute atomic E-state index is 13.4. The molecule has 0 amide bonds. The van der Waals surface area contributed by atoms with Gasteiger partial charge in [-0.2, -0.15) is 4.52 Å². The zero-order valence-electron chi connectivity index (χ0n) is 11.0. The van der Waals surface area contributed by atoms with Gasteiger partial charge in [0.05, 0.1) is 10.5 Å². The molecule has 2 aromatic carbocycles. The summed E-state index contributed by atoms with van der Waals surface area (Å²) in [7, 11) is 0. The Bertz CT molecular complexity index is 1030. The average Bonchev–Trinajstić information content (AvgIpc) is 2.95. The zero-order chi connectivity index (χ0) is 15.3. The molecule has 4 aromatic rings. The maximum atomic E-state index is 13.4. The first-order valence-electron chi connectivity index (χ1n) is 6.40. The molecule has 0 atom stereocenters. The van der Waals surface area contributed by atoms with Gasteiger partial charge in [-0.15, -0.1) is 5.10 Å². The highest BCUT2D eigenvalue weighted by molar-refractivity contribution is 6.36. The lowest BCUT2D eigenvalue weighted by molar-refractivity contribution is 0.628. The Balaban J connectivity index is 2.07. The van der Waals surface area contributed by atoms with Crippen molar-refractivity contribution >= 4 is 39.8 Å². The van der Waals surface area contributed by atoms with Crippen LogP contribution in [0.1, 0.15) is 0 Å². The fourth-order valence-electron chi connectivity index (χ4n) is 2.31. The van der Waals surface area contributed by atoms with Gasteiger partial charge in [-0.1, -0.05) is 29.8 Å². The third kappa shape index (κ3) is 2.01. The molecule has 2 aromatic heterocycles. The lowest BCUT2D eigenvalue weighted by Crippen LogP contribution is -1.95. The van der Waals surface area contributed by atoms with Gasteiger partial charge in [-0.05, 0) is 35.9 Å². The Morgan fingerprint density at radius 2 is 1.82 bits per heavy atom. The van der Waals surface area contributed by atoms with Crippen LogP contribution in [0.3, 0.4) is 0 Å². The first kappa shape index (κ1) is 13.4. The zero-order valence-corrected chi connectivity index (χ0v) is 12.5. The Kier molecular flexibility index (Phi) is 2.99.